The van der Waals surface area contributed by atoms with Crippen LogP contribution in [0.2, 0.25) is 0 Å². The number of rotatable bonds is 3. The summed E-state index contributed by atoms with van der Waals surface area (Å²) in [5.41, 5.74) is 1.75. The lowest BCUT2D eigenvalue weighted by Gasteiger charge is -2.37. The van der Waals surface area contributed by atoms with E-state index in [-0.39, 0.29) is 10.6 Å². The predicted molar refractivity (Wildman–Crippen MR) is 80.2 cm³/mol. The molecule has 1 fully saturated rings. The number of non-ortho nitro benzene ring substituents is 1. The summed E-state index contributed by atoms with van der Waals surface area (Å²) in [4.78, 5) is 13.1. The summed E-state index contributed by atoms with van der Waals surface area (Å²) in [5, 5.41) is 15.3. The Morgan fingerprint density at radius 1 is 1.48 bits per heavy atom. The molecule has 1 aliphatic rings. The summed E-state index contributed by atoms with van der Waals surface area (Å²) in [5.74, 6) is 0. The van der Waals surface area contributed by atoms with Gasteiger partial charge in [-0.05, 0) is 19.9 Å². The van der Waals surface area contributed by atoms with Crippen molar-refractivity contribution in [1.29, 1.82) is 0 Å². The monoisotopic (exact) mass is 289 g/mol. The maximum Gasteiger partial charge on any atom is 0.270 e. The van der Waals surface area contributed by atoms with Crippen LogP contribution < -0.4 is 5.32 Å². The molecule has 0 radical (unpaired) electrons. The first-order valence-corrected chi connectivity index (χ1v) is 7.16. The minimum absolute atomic E-state index is 0.120. The van der Waals surface area contributed by atoms with E-state index in [1.165, 1.54) is 0 Å². The number of hydrogen-bond acceptors (Lipinski definition) is 5. The molecule has 1 N–H and O–H groups in total. The Bertz CT molecular complexity index is 667. The molecule has 21 heavy (non-hydrogen) atoms. The molecule has 1 aromatic heterocycles. The Kier molecular flexibility index (Phi) is 3.65. The largest absolute Gasteiger partial charge is 0.464 e. The zero-order valence-electron chi connectivity index (χ0n) is 12.2. The molecule has 0 amide bonds. The summed E-state index contributed by atoms with van der Waals surface area (Å²) < 4.78 is 5.52. The first-order valence-electron chi connectivity index (χ1n) is 7.16. The first-order chi connectivity index (χ1) is 10.0. The molecule has 6 nitrogen and oxygen atoms in total. The predicted octanol–water partition coefficient (Wildman–Crippen LogP) is 2.52. The van der Waals surface area contributed by atoms with Gasteiger partial charge in [0.25, 0.3) is 5.69 Å². The van der Waals surface area contributed by atoms with Gasteiger partial charge in [-0.25, -0.2) is 0 Å². The minimum Gasteiger partial charge on any atom is -0.464 e. The topological polar surface area (TPSA) is 71.5 Å². The number of benzene rings is 1. The lowest BCUT2D eigenvalue weighted by atomic mass is 10.1. The molecule has 6 heteroatoms. The Balaban J connectivity index is 1.95. The minimum atomic E-state index is -0.347. The highest BCUT2D eigenvalue weighted by atomic mass is 16.6. The second kappa shape index (κ2) is 5.46. The molecule has 3 rings (SSSR count). The van der Waals surface area contributed by atoms with Crippen LogP contribution in [0.1, 0.15) is 19.4 Å². The number of furan rings is 1. The van der Waals surface area contributed by atoms with E-state index in [1.54, 1.807) is 24.5 Å². The van der Waals surface area contributed by atoms with Crippen molar-refractivity contribution >= 4 is 16.7 Å². The van der Waals surface area contributed by atoms with Gasteiger partial charge in [0.1, 0.15) is 5.58 Å². The highest BCUT2D eigenvalue weighted by Crippen LogP contribution is 2.28. The molecule has 0 spiro atoms. The van der Waals surface area contributed by atoms with E-state index in [0.717, 1.165) is 29.6 Å². The Morgan fingerprint density at radius 3 is 3.05 bits per heavy atom. The number of nitro benzene ring substituents is 1. The third-order valence-corrected chi connectivity index (χ3v) is 4.09. The van der Waals surface area contributed by atoms with Crippen molar-refractivity contribution in [2.45, 2.75) is 32.5 Å². The number of hydrogen-bond donors (Lipinski definition) is 1. The summed E-state index contributed by atoms with van der Waals surface area (Å²) in [6, 6.07) is 5.78. The van der Waals surface area contributed by atoms with E-state index in [0.29, 0.717) is 18.6 Å². The molecule has 1 aromatic carbocycles. The lowest BCUT2D eigenvalue weighted by Crippen LogP contribution is -2.53. The molecule has 0 bridgehead atoms. The normalized spacial score (nSPS) is 23.5. The van der Waals surface area contributed by atoms with Crippen LogP contribution >= 0.6 is 0 Å². The molecule has 0 aliphatic carbocycles. The standard InChI is InChI=1S/C15H19N3O3/c1-10-8-17(11(2)7-16-10)9-13-6-14(18(19)20)5-12-3-4-21-15(12)13/h3-6,10-11,16H,7-9H2,1-2H3/t10-,11+/m0/s1. The second-order valence-electron chi connectivity index (χ2n) is 5.79. The zero-order chi connectivity index (χ0) is 15.0. The lowest BCUT2D eigenvalue weighted by molar-refractivity contribution is -0.384. The molecule has 2 atom stereocenters. The smallest absolute Gasteiger partial charge is 0.270 e. The van der Waals surface area contributed by atoms with Crippen LogP contribution in [0.5, 0.6) is 0 Å². The molecule has 2 heterocycles. The van der Waals surface area contributed by atoms with Crippen molar-refractivity contribution in [3.05, 3.63) is 40.1 Å². The summed E-state index contributed by atoms with van der Waals surface area (Å²) in [6.45, 7) is 6.83. The highest BCUT2D eigenvalue weighted by molar-refractivity contribution is 5.83. The number of piperazine rings is 1. The van der Waals surface area contributed by atoms with Crippen molar-refractivity contribution in [1.82, 2.24) is 10.2 Å². The van der Waals surface area contributed by atoms with E-state index in [2.05, 4.69) is 24.1 Å². The van der Waals surface area contributed by atoms with Gasteiger partial charge in [-0.2, -0.15) is 0 Å². The van der Waals surface area contributed by atoms with E-state index in [9.17, 15) is 10.1 Å². The third-order valence-electron chi connectivity index (χ3n) is 4.09. The van der Waals surface area contributed by atoms with Crippen molar-refractivity contribution in [3.8, 4) is 0 Å². The van der Waals surface area contributed by atoms with Gasteiger partial charge in [0.05, 0.1) is 11.2 Å². The van der Waals surface area contributed by atoms with E-state index >= 15 is 0 Å². The van der Waals surface area contributed by atoms with Gasteiger partial charge in [-0.15, -0.1) is 0 Å². The molecular weight excluding hydrogens is 270 g/mol. The van der Waals surface area contributed by atoms with Crippen molar-refractivity contribution in [2.24, 2.45) is 0 Å². The Labute approximate surface area is 122 Å². The van der Waals surface area contributed by atoms with E-state index in [4.69, 9.17) is 4.42 Å². The van der Waals surface area contributed by atoms with Crippen LogP contribution in [-0.2, 0) is 6.54 Å². The maximum absolute atomic E-state index is 11.1. The average molecular weight is 289 g/mol. The van der Waals surface area contributed by atoms with E-state index in [1.807, 2.05) is 0 Å². The van der Waals surface area contributed by atoms with Gasteiger partial charge in [-0.3, -0.25) is 15.0 Å². The fourth-order valence-corrected chi connectivity index (χ4v) is 2.90. The number of nitrogens with zero attached hydrogens (tertiary/aromatic N) is 2. The van der Waals surface area contributed by atoms with Crippen molar-refractivity contribution < 1.29 is 9.34 Å². The number of fused-ring (bicyclic) bond motifs is 1. The molecule has 1 saturated heterocycles. The van der Waals surface area contributed by atoms with Gasteiger partial charge in [0.15, 0.2) is 0 Å². The number of nitro groups is 1. The van der Waals surface area contributed by atoms with Crippen molar-refractivity contribution in [3.63, 3.8) is 0 Å². The van der Waals surface area contributed by atoms with Gasteiger partial charge in [-0.1, -0.05) is 0 Å². The van der Waals surface area contributed by atoms with Gasteiger partial charge < -0.3 is 9.73 Å². The molecule has 0 saturated carbocycles. The van der Waals surface area contributed by atoms with Crippen LogP contribution in [0.15, 0.2) is 28.9 Å². The molecule has 2 aromatic rings. The van der Waals surface area contributed by atoms with Gasteiger partial charge in [0, 0.05) is 54.8 Å². The summed E-state index contributed by atoms with van der Waals surface area (Å²) in [7, 11) is 0. The molecule has 0 unspecified atom stereocenters. The molecule has 1 aliphatic heterocycles. The highest BCUT2D eigenvalue weighted by Gasteiger charge is 2.24. The number of nitrogens with one attached hydrogen (secondary N) is 1. The van der Waals surface area contributed by atoms with Gasteiger partial charge in [0.2, 0.25) is 0 Å². The van der Waals surface area contributed by atoms with Crippen LogP contribution in [-0.4, -0.2) is 35.0 Å². The summed E-state index contributed by atoms with van der Waals surface area (Å²) >= 11 is 0. The Hall–Kier alpha value is -1.92. The second-order valence-corrected chi connectivity index (χ2v) is 5.79. The van der Waals surface area contributed by atoms with Crippen LogP contribution in [0.3, 0.4) is 0 Å². The van der Waals surface area contributed by atoms with Crippen LogP contribution in [0.4, 0.5) is 5.69 Å². The zero-order valence-corrected chi connectivity index (χ0v) is 12.2. The van der Waals surface area contributed by atoms with E-state index < -0.39 is 0 Å². The van der Waals surface area contributed by atoms with Gasteiger partial charge >= 0.3 is 0 Å². The SMILES string of the molecule is C[C@@H]1CN[C@@H](C)CN1Cc1cc([N+](=O)[O-])cc2ccoc12. The molecule has 112 valence electrons. The third kappa shape index (κ3) is 2.77. The molecular formula is C15H19N3O3. The fraction of sp³-hybridized carbons (Fsp3) is 0.467. The van der Waals surface area contributed by atoms with Crippen LogP contribution in [0, 0.1) is 10.1 Å². The van der Waals surface area contributed by atoms with Crippen molar-refractivity contribution in [2.75, 3.05) is 13.1 Å². The first kappa shape index (κ1) is 14.0. The fourth-order valence-electron chi connectivity index (χ4n) is 2.90. The Morgan fingerprint density at radius 2 is 2.29 bits per heavy atom. The summed E-state index contributed by atoms with van der Waals surface area (Å²) in [6.07, 6.45) is 1.59. The quantitative estimate of drug-likeness (QED) is 0.694. The average Bonchev–Trinajstić information content (AvgIpc) is 2.91. The maximum atomic E-state index is 11.1. The van der Waals surface area contributed by atoms with Crippen LogP contribution in [0.25, 0.3) is 11.0 Å².